The molecule has 7 nitrogen and oxygen atoms in total. The number of nitrogens with zero attached hydrogens (tertiary/aromatic N) is 3. The lowest BCUT2D eigenvalue weighted by molar-refractivity contribution is 0.119. The molecule has 7 heteroatoms. The highest BCUT2D eigenvalue weighted by Gasteiger charge is 2.51. The number of likely N-dealkylation sites (tertiary alicyclic amines) is 1. The molecule has 1 aliphatic carbocycles. The van der Waals surface area contributed by atoms with Gasteiger partial charge in [-0.25, -0.2) is 4.79 Å². The van der Waals surface area contributed by atoms with Gasteiger partial charge >= 0.3 is 6.03 Å². The molecule has 3 atom stereocenters. The van der Waals surface area contributed by atoms with E-state index < -0.39 is 0 Å². The standard InChI is InChI=1S/C29H40N4O3/c1-31-15-17-32(18-16-31)28(34)30-24-11-12-29(23-9-10-25(35-2)26(19-23)36-3)13-14-33(27(29)20-24)21-22-7-5-4-6-8-22/h4-10,19,24,27H,11-18,20-21H2,1-3H3,(H,30,34). The van der Waals surface area contributed by atoms with E-state index in [-0.39, 0.29) is 17.5 Å². The molecular formula is C29H40N4O3. The summed E-state index contributed by atoms with van der Waals surface area (Å²) in [6, 6.07) is 17.8. The predicted octanol–water partition coefficient (Wildman–Crippen LogP) is 3.73. The van der Waals surface area contributed by atoms with Gasteiger partial charge in [-0.1, -0.05) is 36.4 Å². The van der Waals surface area contributed by atoms with Crippen LogP contribution in [0.3, 0.4) is 0 Å². The molecule has 2 saturated heterocycles. The van der Waals surface area contributed by atoms with Crippen molar-refractivity contribution in [2.45, 2.75) is 49.7 Å². The van der Waals surface area contributed by atoms with Gasteiger partial charge in [0.2, 0.25) is 0 Å². The summed E-state index contributed by atoms with van der Waals surface area (Å²) < 4.78 is 11.2. The van der Waals surface area contributed by atoms with E-state index in [0.29, 0.717) is 6.04 Å². The first-order valence-electron chi connectivity index (χ1n) is 13.3. The van der Waals surface area contributed by atoms with E-state index in [4.69, 9.17) is 9.47 Å². The highest BCUT2D eigenvalue weighted by Crippen LogP contribution is 2.50. The number of benzene rings is 2. The van der Waals surface area contributed by atoms with Crippen molar-refractivity contribution in [1.82, 2.24) is 20.0 Å². The van der Waals surface area contributed by atoms with Crippen LogP contribution < -0.4 is 14.8 Å². The molecule has 2 aromatic rings. The van der Waals surface area contributed by atoms with Gasteiger partial charge in [0.05, 0.1) is 14.2 Å². The molecule has 1 N–H and O–H groups in total. The van der Waals surface area contributed by atoms with Crippen molar-refractivity contribution in [2.75, 3.05) is 54.0 Å². The van der Waals surface area contributed by atoms with Crippen LogP contribution in [0.25, 0.3) is 0 Å². The number of amides is 2. The number of carbonyl (C=O) groups is 1. The normalized spacial score (nSPS) is 26.9. The molecule has 1 saturated carbocycles. The molecule has 3 aliphatic rings. The number of rotatable bonds is 6. The van der Waals surface area contributed by atoms with Gasteiger partial charge in [0, 0.05) is 50.2 Å². The minimum atomic E-state index is 0.0450. The fourth-order valence-electron chi connectivity index (χ4n) is 6.54. The summed E-state index contributed by atoms with van der Waals surface area (Å²) in [7, 11) is 5.51. The zero-order chi connectivity index (χ0) is 25.1. The summed E-state index contributed by atoms with van der Waals surface area (Å²) in [6.07, 6.45) is 4.11. The number of piperazine rings is 1. The Hall–Kier alpha value is -2.77. The lowest BCUT2D eigenvalue weighted by Crippen LogP contribution is -2.56. The maximum atomic E-state index is 13.1. The van der Waals surface area contributed by atoms with Crippen LogP contribution >= 0.6 is 0 Å². The molecule has 0 bridgehead atoms. The number of fused-ring (bicyclic) bond motifs is 1. The van der Waals surface area contributed by atoms with Crippen molar-refractivity contribution in [1.29, 1.82) is 0 Å². The Morgan fingerprint density at radius 3 is 2.44 bits per heavy atom. The van der Waals surface area contributed by atoms with Crippen molar-refractivity contribution < 1.29 is 14.3 Å². The third-order valence-electron chi connectivity index (χ3n) is 8.68. The topological polar surface area (TPSA) is 57.3 Å². The van der Waals surface area contributed by atoms with E-state index in [2.05, 4.69) is 64.6 Å². The van der Waals surface area contributed by atoms with Crippen molar-refractivity contribution in [3.63, 3.8) is 0 Å². The summed E-state index contributed by atoms with van der Waals surface area (Å²) >= 11 is 0. The zero-order valence-electron chi connectivity index (χ0n) is 21.9. The van der Waals surface area contributed by atoms with Gasteiger partial charge in [-0.15, -0.1) is 0 Å². The SMILES string of the molecule is COc1ccc(C23CCC(NC(=O)N4CCN(C)CC4)CC2N(Cc2ccccc2)CC3)cc1OC. The van der Waals surface area contributed by atoms with E-state index in [1.165, 1.54) is 11.1 Å². The third-order valence-corrected chi connectivity index (χ3v) is 8.68. The Morgan fingerprint density at radius 2 is 1.72 bits per heavy atom. The number of methoxy groups -OCH3 is 2. The largest absolute Gasteiger partial charge is 0.493 e. The Kier molecular flexibility index (Phi) is 7.39. The Balaban J connectivity index is 1.38. The Labute approximate surface area is 215 Å². The molecule has 2 heterocycles. The first kappa shape index (κ1) is 24.9. The average molecular weight is 493 g/mol. The molecule has 2 amide bonds. The molecule has 0 spiro atoms. The van der Waals surface area contributed by atoms with Crippen molar-refractivity contribution in [2.24, 2.45) is 0 Å². The van der Waals surface area contributed by atoms with Crippen LogP contribution in [-0.2, 0) is 12.0 Å². The van der Waals surface area contributed by atoms with Crippen LogP contribution in [0.4, 0.5) is 4.79 Å². The van der Waals surface area contributed by atoms with Crippen LogP contribution in [-0.4, -0.2) is 86.8 Å². The third kappa shape index (κ3) is 4.91. The van der Waals surface area contributed by atoms with Gasteiger partial charge in [-0.05, 0) is 62.5 Å². The summed E-state index contributed by atoms with van der Waals surface area (Å²) in [5, 5.41) is 3.41. The molecule has 3 fully saturated rings. The Morgan fingerprint density at radius 1 is 0.972 bits per heavy atom. The number of ether oxygens (including phenoxy) is 2. The highest BCUT2D eigenvalue weighted by atomic mass is 16.5. The average Bonchev–Trinajstić information content (AvgIpc) is 3.27. The second-order valence-corrected chi connectivity index (χ2v) is 10.7. The van der Waals surface area contributed by atoms with Gasteiger partial charge in [-0.2, -0.15) is 0 Å². The maximum absolute atomic E-state index is 13.1. The number of hydrogen-bond donors (Lipinski definition) is 1. The van der Waals surface area contributed by atoms with E-state index in [1.807, 2.05) is 11.0 Å². The fourth-order valence-corrected chi connectivity index (χ4v) is 6.54. The van der Waals surface area contributed by atoms with Crippen LogP contribution in [0.15, 0.2) is 48.5 Å². The molecule has 2 aromatic carbocycles. The van der Waals surface area contributed by atoms with Gasteiger partial charge in [0.1, 0.15) is 0 Å². The molecule has 2 aliphatic heterocycles. The fraction of sp³-hybridized carbons (Fsp3) is 0.552. The quantitative estimate of drug-likeness (QED) is 0.666. The monoisotopic (exact) mass is 492 g/mol. The van der Waals surface area contributed by atoms with Crippen LogP contribution in [0.1, 0.15) is 36.8 Å². The predicted molar refractivity (Wildman–Crippen MR) is 142 cm³/mol. The summed E-state index contributed by atoms with van der Waals surface area (Å²) in [5.41, 5.74) is 2.71. The molecule has 0 radical (unpaired) electrons. The molecule has 36 heavy (non-hydrogen) atoms. The zero-order valence-corrected chi connectivity index (χ0v) is 21.9. The number of nitrogens with one attached hydrogen (secondary N) is 1. The number of hydrogen-bond acceptors (Lipinski definition) is 5. The minimum Gasteiger partial charge on any atom is -0.493 e. The second kappa shape index (κ2) is 10.7. The molecule has 194 valence electrons. The summed E-state index contributed by atoms with van der Waals surface area (Å²) in [5.74, 6) is 1.55. The first-order valence-corrected chi connectivity index (χ1v) is 13.3. The van der Waals surface area contributed by atoms with Crippen LogP contribution in [0, 0.1) is 0 Å². The molecule has 0 aromatic heterocycles. The van der Waals surface area contributed by atoms with E-state index in [1.54, 1.807) is 14.2 Å². The summed E-state index contributed by atoms with van der Waals surface area (Å²) in [6.45, 7) is 5.46. The smallest absolute Gasteiger partial charge is 0.317 e. The van der Waals surface area contributed by atoms with Crippen molar-refractivity contribution in [3.05, 3.63) is 59.7 Å². The van der Waals surface area contributed by atoms with Crippen LogP contribution in [0.2, 0.25) is 0 Å². The van der Waals surface area contributed by atoms with Gasteiger partial charge in [0.25, 0.3) is 0 Å². The highest BCUT2D eigenvalue weighted by molar-refractivity contribution is 5.74. The lowest BCUT2D eigenvalue weighted by atomic mass is 9.65. The van der Waals surface area contributed by atoms with E-state index >= 15 is 0 Å². The molecule has 5 rings (SSSR count). The number of likely N-dealkylation sites (N-methyl/N-ethyl adjacent to an activating group) is 1. The number of urea groups is 1. The molecular weight excluding hydrogens is 452 g/mol. The van der Waals surface area contributed by atoms with E-state index in [9.17, 15) is 4.79 Å². The summed E-state index contributed by atoms with van der Waals surface area (Å²) in [4.78, 5) is 20.0. The van der Waals surface area contributed by atoms with Gasteiger partial charge in [-0.3, -0.25) is 4.90 Å². The van der Waals surface area contributed by atoms with E-state index in [0.717, 1.165) is 76.5 Å². The first-order chi connectivity index (χ1) is 17.5. The molecule has 3 unspecified atom stereocenters. The minimum absolute atomic E-state index is 0.0450. The lowest BCUT2D eigenvalue weighted by Gasteiger charge is -2.46. The Bertz CT molecular complexity index is 1040. The van der Waals surface area contributed by atoms with Crippen molar-refractivity contribution >= 4 is 6.03 Å². The number of carbonyl (C=O) groups excluding carboxylic acids is 1. The van der Waals surface area contributed by atoms with Crippen molar-refractivity contribution in [3.8, 4) is 11.5 Å². The maximum Gasteiger partial charge on any atom is 0.317 e. The second-order valence-electron chi connectivity index (χ2n) is 10.7. The van der Waals surface area contributed by atoms with Gasteiger partial charge in [0.15, 0.2) is 11.5 Å². The van der Waals surface area contributed by atoms with Crippen LogP contribution in [0.5, 0.6) is 11.5 Å². The van der Waals surface area contributed by atoms with Gasteiger partial charge < -0.3 is 24.6 Å².